The molecule has 0 saturated heterocycles. The molecule has 4 heteroatoms. The zero-order valence-corrected chi connectivity index (χ0v) is 7.78. The predicted octanol–water partition coefficient (Wildman–Crippen LogP) is 2.32. The molecule has 11 heavy (non-hydrogen) atoms. The summed E-state index contributed by atoms with van der Waals surface area (Å²) in [6, 6.07) is 0. The predicted molar refractivity (Wildman–Crippen MR) is 44.7 cm³/mol. The molecular formula is C7H10Cl2O2. The summed E-state index contributed by atoms with van der Waals surface area (Å²) in [6.45, 7) is 1.86. The molecule has 0 bridgehead atoms. The number of carbonyl (C=O) groups excluding carboxylic acids is 2. The maximum Gasteiger partial charge on any atom is 0.221 e. The van der Waals surface area contributed by atoms with Crippen molar-refractivity contribution in [3.63, 3.8) is 0 Å². The van der Waals surface area contributed by atoms with Crippen molar-refractivity contribution in [2.45, 2.75) is 26.2 Å². The molecule has 2 nitrogen and oxygen atoms in total. The highest BCUT2D eigenvalue weighted by molar-refractivity contribution is 6.63. The molecule has 0 fully saturated rings. The summed E-state index contributed by atoms with van der Waals surface area (Å²) in [5, 5.41) is -0.724. The van der Waals surface area contributed by atoms with E-state index in [4.69, 9.17) is 23.2 Å². The van der Waals surface area contributed by atoms with E-state index in [1.807, 2.05) is 6.92 Å². The molecule has 0 aliphatic carbocycles. The fourth-order valence-corrected chi connectivity index (χ4v) is 1.11. The number of hydrogen-bond acceptors (Lipinski definition) is 2. The third-order valence-corrected chi connectivity index (χ3v) is 1.69. The molecule has 0 rings (SSSR count). The van der Waals surface area contributed by atoms with Crippen LogP contribution < -0.4 is 0 Å². The van der Waals surface area contributed by atoms with E-state index in [-0.39, 0.29) is 16.4 Å². The van der Waals surface area contributed by atoms with Crippen LogP contribution in [0.1, 0.15) is 26.2 Å². The maximum atomic E-state index is 10.3. The van der Waals surface area contributed by atoms with Gasteiger partial charge in [0.05, 0.1) is 0 Å². The Hall–Kier alpha value is -0.0800. The van der Waals surface area contributed by atoms with Gasteiger partial charge in [0.15, 0.2) is 0 Å². The lowest BCUT2D eigenvalue weighted by Crippen LogP contribution is -2.01. The minimum absolute atomic E-state index is 0.141. The van der Waals surface area contributed by atoms with Crippen LogP contribution in [0.15, 0.2) is 0 Å². The molecule has 0 aliphatic heterocycles. The highest BCUT2D eigenvalue weighted by Crippen LogP contribution is 2.12. The van der Waals surface area contributed by atoms with Crippen molar-refractivity contribution < 1.29 is 9.59 Å². The first-order valence-corrected chi connectivity index (χ1v) is 4.14. The first-order valence-electron chi connectivity index (χ1n) is 3.39. The Morgan fingerprint density at radius 2 is 1.82 bits per heavy atom. The fraction of sp³-hybridized carbons (Fsp3) is 0.714. The van der Waals surface area contributed by atoms with E-state index in [1.165, 1.54) is 0 Å². The minimum Gasteiger partial charge on any atom is -0.281 e. The van der Waals surface area contributed by atoms with Crippen LogP contribution >= 0.6 is 23.2 Å². The first-order chi connectivity index (χ1) is 5.02. The van der Waals surface area contributed by atoms with Gasteiger partial charge >= 0.3 is 0 Å². The van der Waals surface area contributed by atoms with Gasteiger partial charge in [0.25, 0.3) is 0 Å². The highest BCUT2D eigenvalue weighted by atomic mass is 35.5. The maximum absolute atomic E-state index is 10.3. The molecule has 0 heterocycles. The van der Waals surface area contributed by atoms with Crippen molar-refractivity contribution in [2.24, 2.45) is 5.92 Å². The lowest BCUT2D eigenvalue weighted by atomic mass is 10.0. The van der Waals surface area contributed by atoms with Crippen LogP contribution in [0.5, 0.6) is 0 Å². The SMILES string of the molecule is C[C@@H](CCC(=O)Cl)CC(=O)Cl. The smallest absolute Gasteiger partial charge is 0.221 e. The van der Waals surface area contributed by atoms with E-state index in [1.54, 1.807) is 0 Å². The molecule has 0 saturated carbocycles. The van der Waals surface area contributed by atoms with E-state index < -0.39 is 0 Å². The van der Waals surface area contributed by atoms with E-state index in [9.17, 15) is 9.59 Å². The number of hydrogen-bond donors (Lipinski definition) is 0. The summed E-state index contributed by atoms with van der Waals surface area (Å²) >= 11 is 10.2. The van der Waals surface area contributed by atoms with Crippen LogP contribution in [0.2, 0.25) is 0 Å². The summed E-state index contributed by atoms with van der Waals surface area (Å²) in [4.78, 5) is 20.6. The van der Waals surface area contributed by atoms with Crippen molar-refractivity contribution >= 4 is 33.7 Å². The second kappa shape index (κ2) is 5.56. The van der Waals surface area contributed by atoms with Gasteiger partial charge in [0, 0.05) is 12.8 Å². The standard InChI is InChI=1S/C7H10Cl2O2/c1-5(4-7(9)11)2-3-6(8)10/h5H,2-4H2,1H3/t5-/m0/s1. The summed E-state index contributed by atoms with van der Waals surface area (Å²) in [5.74, 6) is 0.141. The van der Waals surface area contributed by atoms with Gasteiger partial charge in [-0.25, -0.2) is 0 Å². The van der Waals surface area contributed by atoms with Crippen LogP contribution in [-0.4, -0.2) is 10.5 Å². The van der Waals surface area contributed by atoms with Crippen molar-refractivity contribution in [3.8, 4) is 0 Å². The zero-order chi connectivity index (χ0) is 8.85. The van der Waals surface area contributed by atoms with Crippen LogP contribution in [0.4, 0.5) is 0 Å². The molecule has 0 radical (unpaired) electrons. The van der Waals surface area contributed by atoms with Gasteiger partial charge in [-0.15, -0.1) is 0 Å². The van der Waals surface area contributed by atoms with Crippen LogP contribution in [0, 0.1) is 5.92 Å². The molecule has 1 atom stereocenters. The summed E-state index contributed by atoms with van der Waals surface area (Å²) < 4.78 is 0. The molecule has 0 aromatic rings. The lowest BCUT2D eigenvalue weighted by molar-refractivity contribution is -0.114. The Balaban J connectivity index is 3.44. The van der Waals surface area contributed by atoms with Crippen LogP contribution in [0.3, 0.4) is 0 Å². The molecule has 0 aliphatic rings. The Kier molecular flexibility index (Phi) is 5.51. The van der Waals surface area contributed by atoms with Gasteiger partial charge < -0.3 is 0 Å². The van der Waals surface area contributed by atoms with Crippen molar-refractivity contribution in [3.05, 3.63) is 0 Å². The molecule has 0 unspecified atom stereocenters. The van der Waals surface area contributed by atoms with Gasteiger partial charge in [-0.2, -0.15) is 0 Å². The Morgan fingerprint density at radius 1 is 1.27 bits per heavy atom. The van der Waals surface area contributed by atoms with Gasteiger partial charge in [0.1, 0.15) is 0 Å². The normalized spacial score (nSPS) is 12.6. The third kappa shape index (κ3) is 7.82. The third-order valence-electron chi connectivity index (χ3n) is 1.34. The number of carbonyl (C=O) groups is 2. The molecule has 0 spiro atoms. The van der Waals surface area contributed by atoms with Crippen molar-refractivity contribution in [2.75, 3.05) is 0 Å². The van der Waals surface area contributed by atoms with Gasteiger partial charge in [-0.3, -0.25) is 9.59 Å². The summed E-state index contributed by atoms with van der Waals surface area (Å²) in [5.41, 5.74) is 0. The summed E-state index contributed by atoms with van der Waals surface area (Å²) in [6.07, 6.45) is 1.25. The van der Waals surface area contributed by atoms with Gasteiger partial charge in [-0.05, 0) is 35.5 Å². The minimum atomic E-state index is -0.362. The lowest BCUT2D eigenvalue weighted by Gasteiger charge is -2.04. The first kappa shape index (κ1) is 10.9. The number of rotatable bonds is 5. The van der Waals surface area contributed by atoms with Crippen molar-refractivity contribution in [1.29, 1.82) is 0 Å². The molecule has 0 amide bonds. The monoisotopic (exact) mass is 196 g/mol. The molecule has 0 N–H and O–H groups in total. The second-order valence-electron chi connectivity index (χ2n) is 2.56. The Bertz CT molecular complexity index is 157. The average molecular weight is 197 g/mol. The second-order valence-corrected chi connectivity index (χ2v) is 3.40. The largest absolute Gasteiger partial charge is 0.281 e. The van der Waals surface area contributed by atoms with Crippen molar-refractivity contribution in [1.82, 2.24) is 0 Å². The summed E-state index contributed by atoms with van der Waals surface area (Å²) in [7, 11) is 0. The quantitative estimate of drug-likeness (QED) is 0.633. The zero-order valence-electron chi connectivity index (χ0n) is 6.27. The highest BCUT2D eigenvalue weighted by Gasteiger charge is 2.07. The topological polar surface area (TPSA) is 34.1 Å². The van der Waals surface area contributed by atoms with Crippen LogP contribution in [0.25, 0.3) is 0 Å². The van der Waals surface area contributed by atoms with E-state index in [0.717, 1.165) is 0 Å². The van der Waals surface area contributed by atoms with E-state index >= 15 is 0 Å². The Labute approximate surface area is 75.9 Å². The van der Waals surface area contributed by atoms with E-state index in [2.05, 4.69) is 0 Å². The molecule has 0 aromatic heterocycles. The molecule has 64 valence electrons. The Morgan fingerprint density at radius 3 is 2.18 bits per heavy atom. The molecule has 0 aromatic carbocycles. The van der Waals surface area contributed by atoms with Crippen LogP contribution in [-0.2, 0) is 9.59 Å². The van der Waals surface area contributed by atoms with Gasteiger partial charge in [0.2, 0.25) is 10.5 Å². The average Bonchev–Trinajstić information content (AvgIpc) is 1.82. The number of halogens is 2. The fourth-order valence-electron chi connectivity index (χ4n) is 0.736. The van der Waals surface area contributed by atoms with Gasteiger partial charge in [-0.1, -0.05) is 6.92 Å². The molecular weight excluding hydrogens is 187 g/mol. The van der Waals surface area contributed by atoms with E-state index in [0.29, 0.717) is 19.3 Å².